The highest BCUT2D eigenvalue weighted by Gasteiger charge is 2.13. The summed E-state index contributed by atoms with van der Waals surface area (Å²) in [7, 11) is 0. The summed E-state index contributed by atoms with van der Waals surface area (Å²) in [6.45, 7) is 6.21. The average Bonchev–Trinajstić information content (AvgIpc) is 3.01. The van der Waals surface area contributed by atoms with E-state index in [1.807, 2.05) is 0 Å². The van der Waals surface area contributed by atoms with Gasteiger partial charge in [0.25, 0.3) is 5.91 Å². The fraction of sp³-hybridized carbons (Fsp3) is 0.294. The van der Waals surface area contributed by atoms with Gasteiger partial charge < -0.3 is 15.1 Å². The zero-order valence-corrected chi connectivity index (χ0v) is 14.2. The maximum atomic E-state index is 11.9. The minimum Gasteiger partial charge on any atom is -0.459 e. The van der Waals surface area contributed by atoms with Crippen LogP contribution in [0.3, 0.4) is 0 Å². The van der Waals surface area contributed by atoms with Crippen molar-refractivity contribution in [3.63, 3.8) is 0 Å². The molecule has 0 atom stereocenters. The number of rotatable bonds is 5. The van der Waals surface area contributed by atoms with Crippen LogP contribution in [0, 0.1) is 0 Å². The first-order valence-electron chi connectivity index (χ1n) is 7.22. The molecule has 0 aliphatic heterocycles. The Hall–Kier alpha value is -2.21. The van der Waals surface area contributed by atoms with Crippen molar-refractivity contribution < 1.29 is 14.0 Å². The number of benzene rings is 1. The van der Waals surface area contributed by atoms with E-state index in [-0.39, 0.29) is 22.3 Å². The van der Waals surface area contributed by atoms with Gasteiger partial charge in [-0.05, 0) is 36.4 Å². The van der Waals surface area contributed by atoms with Crippen LogP contribution in [0.15, 0.2) is 47.1 Å². The summed E-state index contributed by atoms with van der Waals surface area (Å²) in [5, 5.41) is 5.55. The maximum absolute atomic E-state index is 11.9. The van der Waals surface area contributed by atoms with E-state index in [2.05, 4.69) is 31.4 Å². The van der Waals surface area contributed by atoms with Crippen molar-refractivity contribution in [3.05, 3.63) is 48.4 Å². The first-order valence-corrected chi connectivity index (χ1v) is 8.21. The molecule has 0 fully saturated rings. The normalized spacial score (nSPS) is 11.1. The van der Waals surface area contributed by atoms with E-state index < -0.39 is 0 Å². The Morgan fingerprint density at radius 1 is 1.04 bits per heavy atom. The Morgan fingerprint density at radius 3 is 2.17 bits per heavy atom. The Balaban J connectivity index is 1.87. The quantitative estimate of drug-likeness (QED) is 0.868. The molecule has 2 aromatic rings. The molecular weight excluding hydrogens is 312 g/mol. The number of anilines is 2. The molecule has 0 radical (unpaired) electrons. The number of hydrogen-bond donors (Lipinski definition) is 2. The Bertz CT molecular complexity index is 658. The molecular formula is C17H20N2O3S. The number of thioether (sulfide) groups is 1. The predicted molar refractivity (Wildman–Crippen MR) is 93.9 cm³/mol. The van der Waals surface area contributed by atoms with E-state index in [9.17, 15) is 9.59 Å². The summed E-state index contributed by atoms with van der Waals surface area (Å²) < 4.78 is 5.08. The molecule has 23 heavy (non-hydrogen) atoms. The van der Waals surface area contributed by atoms with E-state index in [0.29, 0.717) is 17.1 Å². The summed E-state index contributed by atoms with van der Waals surface area (Å²) in [5.41, 5.74) is 1.33. The Kier molecular flexibility index (Phi) is 5.50. The first-order chi connectivity index (χ1) is 10.8. The Morgan fingerprint density at radius 2 is 1.65 bits per heavy atom. The largest absolute Gasteiger partial charge is 0.459 e. The highest BCUT2D eigenvalue weighted by atomic mass is 32.2. The number of carbonyl (C=O) groups excluding carboxylic acids is 2. The van der Waals surface area contributed by atoms with Crippen LogP contribution in [0.4, 0.5) is 11.4 Å². The molecule has 0 aliphatic carbocycles. The molecule has 1 aromatic heterocycles. The molecule has 0 spiro atoms. The zero-order chi connectivity index (χ0) is 16.9. The fourth-order valence-electron chi connectivity index (χ4n) is 1.72. The van der Waals surface area contributed by atoms with Gasteiger partial charge in [-0.2, -0.15) is 0 Å². The van der Waals surface area contributed by atoms with E-state index >= 15 is 0 Å². The Labute approximate surface area is 139 Å². The monoisotopic (exact) mass is 332 g/mol. The second-order valence-corrected chi connectivity index (χ2v) is 7.76. The van der Waals surface area contributed by atoms with Crippen LogP contribution in [0.2, 0.25) is 0 Å². The van der Waals surface area contributed by atoms with E-state index in [1.165, 1.54) is 6.26 Å². The molecule has 0 saturated heterocycles. The van der Waals surface area contributed by atoms with Crippen molar-refractivity contribution in [1.29, 1.82) is 0 Å². The molecule has 2 N–H and O–H groups in total. The highest BCUT2D eigenvalue weighted by molar-refractivity contribution is 8.01. The van der Waals surface area contributed by atoms with Crippen LogP contribution in [0.25, 0.3) is 0 Å². The predicted octanol–water partition coefficient (Wildman–Crippen LogP) is 4.00. The second-order valence-electron chi connectivity index (χ2n) is 5.96. The lowest BCUT2D eigenvalue weighted by molar-refractivity contribution is -0.113. The van der Waals surface area contributed by atoms with Gasteiger partial charge in [-0.25, -0.2) is 0 Å². The van der Waals surface area contributed by atoms with Crippen molar-refractivity contribution in [2.75, 3.05) is 16.4 Å². The van der Waals surface area contributed by atoms with Crippen molar-refractivity contribution in [2.24, 2.45) is 0 Å². The third-order valence-corrected chi connectivity index (χ3v) is 4.08. The zero-order valence-electron chi connectivity index (χ0n) is 13.4. The van der Waals surface area contributed by atoms with Gasteiger partial charge in [0.2, 0.25) is 5.91 Å². The topological polar surface area (TPSA) is 71.3 Å². The first kappa shape index (κ1) is 17.1. The fourth-order valence-corrected chi connectivity index (χ4v) is 2.35. The van der Waals surface area contributed by atoms with Crippen molar-refractivity contribution in [1.82, 2.24) is 0 Å². The van der Waals surface area contributed by atoms with Crippen molar-refractivity contribution >= 4 is 35.0 Å². The van der Waals surface area contributed by atoms with Gasteiger partial charge in [-0.1, -0.05) is 20.8 Å². The van der Waals surface area contributed by atoms with Gasteiger partial charge in [-0.15, -0.1) is 11.8 Å². The molecule has 2 amide bonds. The lowest BCUT2D eigenvalue weighted by Crippen LogP contribution is -2.18. The van der Waals surface area contributed by atoms with Crippen LogP contribution < -0.4 is 10.6 Å². The number of carbonyl (C=O) groups is 2. The van der Waals surface area contributed by atoms with Crippen molar-refractivity contribution in [3.8, 4) is 0 Å². The minimum absolute atomic E-state index is 0.0442. The van der Waals surface area contributed by atoms with E-state index in [4.69, 9.17) is 4.42 Å². The number of hydrogen-bond acceptors (Lipinski definition) is 4. The second kappa shape index (κ2) is 7.37. The van der Waals surface area contributed by atoms with E-state index in [0.717, 1.165) is 0 Å². The summed E-state index contributed by atoms with van der Waals surface area (Å²) in [6, 6.07) is 10.2. The van der Waals surface area contributed by atoms with Crippen molar-refractivity contribution in [2.45, 2.75) is 25.5 Å². The SMILES string of the molecule is CC(C)(C)SCC(=O)Nc1ccc(NC(=O)c2ccco2)cc1. The third-order valence-electron chi connectivity index (χ3n) is 2.81. The molecule has 5 nitrogen and oxygen atoms in total. The van der Waals surface area contributed by atoms with Gasteiger partial charge in [-0.3, -0.25) is 9.59 Å². The lowest BCUT2D eigenvalue weighted by atomic mass is 10.2. The molecule has 122 valence electrons. The van der Waals surface area contributed by atoms with Crippen LogP contribution in [0.5, 0.6) is 0 Å². The molecule has 6 heteroatoms. The van der Waals surface area contributed by atoms with Crippen LogP contribution in [-0.2, 0) is 4.79 Å². The summed E-state index contributed by atoms with van der Waals surface area (Å²) in [4.78, 5) is 23.7. The summed E-state index contributed by atoms with van der Waals surface area (Å²) >= 11 is 1.59. The van der Waals surface area contributed by atoms with Gasteiger partial charge in [0.1, 0.15) is 0 Å². The summed E-state index contributed by atoms with van der Waals surface area (Å²) in [6.07, 6.45) is 1.45. The van der Waals surface area contributed by atoms with Crippen LogP contribution >= 0.6 is 11.8 Å². The standard InChI is InChI=1S/C17H20N2O3S/c1-17(2,3)23-11-15(20)18-12-6-8-13(9-7-12)19-16(21)14-5-4-10-22-14/h4-10H,11H2,1-3H3,(H,18,20)(H,19,21). The molecule has 2 rings (SSSR count). The molecule has 0 saturated carbocycles. The van der Waals surface area contributed by atoms with Gasteiger partial charge in [0, 0.05) is 16.1 Å². The minimum atomic E-state index is -0.312. The van der Waals surface area contributed by atoms with Gasteiger partial charge in [0.15, 0.2) is 5.76 Å². The molecule has 0 unspecified atom stereocenters. The summed E-state index contributed by atoms with van der Waals surface area (Å²) in [5.74, 6) is 0.299. The van der Waals surface area contributed by atoms with E-state index in [1.54, 1.807) is 48.2 Å². The highest BCUT2D eigenvalue weighted by Crippen LogP contribution is 2.23. The third kappa shape index (κ3) is 5.83. The van der Waals surface area contributed by atoms with Gasteiger partial charge in [0.05, 0.1) is 12.0 Å². The number of furan rings is 1. The smallest absolute Gasteiger partial charge is 0.291 e. The van der Waals surface area contributed by atoms with Gasteiger partial charge >= 0.3 is 0 Å². The number of amides is 2. The molecule has 0 aliphatic rings. The average molecular weight is 332 g/mol. The van der Waals surface area contributed by atoms with Crippen LogP contribution in [0.1, 0.15) is 31.3 Å². The molecule has 1 aromatic carbocycles. The maximum Gasteiger partial charge on any atom is 0.291 e. The molecule has 1 heterocycles. The number of nitrogens with one attached hydrogen (secondary N) is 2. The molecule has 0 bridgehead atoms. The lowest BCUT2D eigenvalue weighted by Gasteiger charge is -2.17. The van der Waals surface area contributed by atoms with Crippen LogP contribution in [-0.4, -0.2) is 22.3 Å².